The molecule has 0 radical (unpaired) electrons. The smallest absolute Gasteiger partial charge is 0.226 e. The van der Waals surface area contributed by atoms with E-state index in [0.717, 1.165) is 19.6 Å². The normalized spacial score (nSPS) is 24.8. The highest BCUT2D eigenvalue weighted by atomic mass is 19.1. The number of nitrogens with zero attached hydrogens (tertiary/aromatic N) is 2. The second-order valence-electron chi connectivity index (χ2n) is 3.42. The van der Waals surface area contributed by atoms with Crippen molar-refractivity contribution >= 4 is 5.91 Å². The Bertz CT molecular complexity index is 164. The first-order chi connectivity index (χ1) is 6.11. The lowest BCUT2D eigenvalue weighted by atomic mass is 10.1. The van der Waals surface area contributed by atoms with Crippen LogP contribution in [0.2, 0.25) is 0 Å². The van der Waals surface area contributed by atoms with Crippen molar-refractivity contribution in [3.05, 3.63) is 0 Å². The summed E-state index contributed by atoms with van der Waals surface area (Å²) in [4.78, 5) is 15.4. The molecule has 0 N–H and O–H groups in total. The number of carbonyl (C=O) groups excluding carboxylic acids is 1. The molecular formula is C9H19FN2O. The Kier molecular flexibility index (Phi) is 5.62. The molecule has 0 aliphatic carbocycles. The molecule has 1 rings (SSSR count). The number of alkyl halides is 1. The van der Waals surface area contributed by atoms with Gasteiger partial charge in [-0.3, -0.25) is 9.18 Å². The molecule has 1 aliphatic rings. The lowest BCUT2D eigenvalue weighted by Gasteiger charge is -2.15. The minimum Gasteiger partial charge on any atom is -0.344 e. The number of carbonyl (C=O) groups is 1. The summed E-state index contributed by atoms with van der Waals surface area (Å²) < 4.78 is 9.50. The maximum absolute atomic E-state index is 11.4. The fourth-order valence-electron chi connectivity index (χ4n) is 1.44. The summed E-state index contributed by atoms with van der Waals surface area (Å²) in [6.07, 6.45) is 0. The molecule has 0 aromatic rings. The zero-order chi connectivity index (χ0) is 10.4. The molecule has 13 heavy (non-hydrogen) atoms. The van der Waals surface area contributed by atoms with Gasteiger partial charge in [-0.1, -0.05) is 6.92 Å². The van der Waals surface area contributed by atoms with Gasteiger partial charge in [-0.25, -0.2) is 0 Å². The van der Waals surface area contributed by atoms with Crippen molar-refractivity contribution in [3.8, 4) is 0 Å². The van der Waals surface area contributed by atoms with Crippen molar-refractivity contribution in [3.63, 3.8) is 0 Å². The summed E-state index contributed by atoms with van der Waals surface area (Å²) in [5.74, 6) is 0.432. The van der Waals surface area contributed by atoms with E-state index in [9.17, 15) is 9.18 Å². The minimum atomic E-state index is 0.160. The maximum atomic E-state index is 11.4. The molecule has 78 valence electrons. The summed E-state index contributed by atoms with van der Waals surface area (Å²) in [6, 6.07) is 0. The molecule has 4 heteroatoms. The molecule has 0 spiro atoms. The second-order valence-corrected chi connectivity index (χ2v) is 3.42. The van der Waals surface area contributed by atoms with Gasteiger partial charge in [0.15, 0.2) is 0 Å². The van der Waals surface area contributed by atoms with Gasteiger partial charge in [0.1, 0.15) is 0 Å². The van der Waals surface area contributed by atoms with Crippen LogP contribution in [0.1, 0.15) is 6.92 Å². The van der Waals surface area contributed by atoms with E-state index in [1.54, 1.807) is 0 Å². The van der Waals surface area contributed by atoms with Crippen molar-refractivity contribution in [1.29, 1.82) is 0 Å². The van der Waals surface area contributed by atoms with Gasteiger partial charge in [0, 0.05) is 32.6 Å². The predicted octanol–water partition coefficient (Wildman–Crippen LogP) is 0.612. The van der Waals surface area contributed by atoms with Crippen molar-refractivity contribution < 1.29 is 9.18 Å². The molecule has 1 amide bonds. The third kappa shape index (κ3) is 3.72. The first-order valence-electron chi connectivity index (χ1n) is 4.42. The molecule has 0 saturated carbocycles. The van der Waals surface area contributed by atoms with Crippen LogP contribution in [0.4, 0.5) is 4.39 Å². The van der Waals surface area contributed by atoms with Crippen LogP contribution in [0.5, 0.6) is 0 Å². The molecule has 1 atom stereocenters. The van der Waals surface area contributed by atoms with Crippen LogP contribution in [0.3, 0.4) is 0 Å². The van der Waals surface area contributed by atoms with Crippen molar-refractivity contribution in [2.45, 2.75) is 6.92 Å². The van der Waals surface area contributed by atoms with Crippen molar-refractivity contribution in [2.75, 3.05) is 40.9 Å². The van der Waals surface area contributed by atoms with Crippen molar-refractivity contribution in [1.82, 2.24) is 9.80 Å². The molecule has 1 heterocycles. The monoisotopic (exact) mass is 190 g/mol. The van der Waals surface area contributed by atoms with Crippen LogP contribution in [0.25, 0.3) is 0 Å². The zero-order valence-corrected chi connectivity index (χ0v) is 8.88. The molecule has 3 nitrogen and oxygen atoms in total. The summed E-state index contributed by atoms with van der Waals surface area (Å²) in [5, 5.41) is 0. The van der Waals surface area contributed by atoms with Crippen LogP contribution < -0.4 is 0 Å². The first kappa shape index (κ1) is 12.4. The van der Waals surface area contributed by atoms with E-state index in [1.807, 2.05) is 18.9 Å². The second kappa shape index (κ2) is 5.91. The van der Waals surface area contributed by atoms with Gasteiger partial charge in [-0.05, 0) is 7.05 Å². The predicted molar refractivity (Wildman–Crippen MR) is 51.3 cm³/mol. The molecule has 0 aromatic carbocycles. The SMILES string of the molecule is CC1CN(C)CCN(C)C1=O.CF. The topological polar surface area (TPSA) is 23.6 Å². The largest absolute Gasteiger partial charge is 0.344 e. The highest BCUT2D eigenvalue weighted by molar-refractivity contribution is 5.78. The number of hydrogen-bond acceptors (Lipinski definition) is 2. The molecule has 1 unspecified atom stereocenters. The number of hydrogen-bond donors (Lipinski definition) is 0. The summed E-state index contributed by atoms with van der Waals surface area (Å²) in [5.41, 5.74) is 0. The van der Waals surface area contributed by atoms with E-state index in [-0.39, 0.29) is 11.8 Å². The van der Waals surface area contributed by atoms with Gasteiger partial charge in [-0.15, -0.1) is 0 Å². The van der Waals surface area contributed by atoms with Crippen LogP contribution in [-0.4, -0.2) is 56.6 Å². The average molecular weight is 190 g/mol. The highest BCUT2D eigenvalue weighted by Crippen LogP contribution is 2.06. The Morgan fingerprint density at radius 1 is 1.31 bits per heavy atom. The number of amides is 1. The van der Waals surface area contributed by atoms with Crippen LogP contribution in [0.15, 0.2) is 0 Å². The standard InChI is InChI=1S/C8H16N2O.CH3F/c1-7-6-9(2)4-5-10(3)8(7)11;1-2/h7H,4-6H2,1-3H3;1H3. The lowest BCUT2D eigenvalue weighted by molar-refractivity contribution is -0.132. The fraction of sp³-hybridized carbons (Fsp3) is 0.889. The molecule has 0 bridgehead atoms. The summed E-state index contributed by atoms with van der Waals surface area (Å²) in [7, 11) is 4.43. The fourth-order valence-corrected chi connectivity index (χ4v) is 1.44. The number of rotatable bonds is 0. The van der Waals surface area contributed by atoms with E-state index in [4.69, 9.17) is 0 Å². The van der Waals surface area contributed by atoms with Gasteiger partial charge in [0.05, 0.1) is 7.18 Å². The van der Waals surface area contributed by atoms with Gasteiger partial charge in [0.25, 0.3) is 0 Å². The highest BCUT2D eigenvalue weighted by Gasteiger charge is 2.22. The number of likely N-dealkylation sites (N-methyl/N-ethyl adjacent to an activating group) is 2. The number of halogens is 1. The van der Waals surface area contributed by atoms with E-state index in [2.05, 4.69) is 11.9 Å². The maximum Gasteiger partial charge on any atom is 0.226 e. The van der Waals surface area contributed by atoms with Gasteiger partial charge < -0.3 is 9.80 Å². The molecular weight excluding hydrogens is 171 g/mol. The van der Waals surface area contributed by atoms with Gasteiger partial charge >= 0.3 is 0 Å². The third-order valence-electron chi connectivity index (χ3n) is 2.20. The summed E-state index contributed by atoms with van der Waals surface area (Å²) in [6.45, 7) is 4.73. The Labute approximate surface area is 79.5 Å². The summed E-state index contributed by atoms with van der Waals surface area (Å²) >= 11 is 0. The quantitative estimate of drug-likeness (QED) is 0.559. The first-order valence-corrected chi connectivity index (χ1v) is 4.42. The molecule has 1 aliphatic heterocycles. The Balaban J connectivity index is 0.000000671. The van der Waals surface area contributed by atoms with Crippen LogP contribution >= 0.6 is 0 Å². The Morgan fingerprint density at radius 2 is 1.85 bits per heavy atom. The van der Waals surface area contributed by atoms with E-state index in [1.165, 1.54) is 0 Å². The molecule has 0 aromatic heterocycles. The lowest BCUT2D eigenvalue weighted by Crippen LogP contribution is -2.31. The van der Waals surface area contributed by atoms with Crippen LogP contribution in [-0.2, 0) is 4.79 Å². The van der Waals surface area contributed by atoms with Gasteiger partial charge in [-0.2, -0.15) is 0 Å². The molecule has 1 fully saturated rings. The average Bonchev–Trinajstić information content (AvgIpc) is 2.24. The molecule has 1 saturated heterocycles. The van der Waals surface area contributed by atoms with E-state index < -0.39 is 0 Å². The Morgan fingerprint density at radius 3 is 2.38 bits per heavy atom. The third-order valence-corrected chi connectivity index (χ3v) is 2.20. The zero-order valence-electron chi connectivity index (χ0n) is 8.88. The van der Waals surface area contributed by atoms with E-state index in [0.29, 0.717) is 7.18 Å². The van der Waals surface area contributed by atoms with Crippen molar-refractivity contribution in [2.24, 2.45) is 5.92 Å². The van der Waals surface area contributed by atoms with Crippen LogP contribution in [0, 0.1) is 5.92 Å². The van der Waals surface area contributed by atoms with E-state index >= 15 is 0 Å². The van der Waals surface area contributed by atoms with Gasteiger partial charge in [0.2, 0.25) is 5.91 Å². The minimum absolute atomic E-state index is 0.160. The Hall–Kier alpha value is -0.640.